The highest BCUT2D eigenvalue weighted by Gasteiger charge is 2.25. The van der Waals surface area contributed by atoms with Gasteiger partial charge < -0.3 is 9.64 Å². The number of hydrogen-bond acceptors (Lipinski definition) is 4. The van der Waals surface area contributed by atoms with Crippen LogP contribution in [-0.4, -0.2) is 42.3 Å². The van der Waals surface area contributed by atoms with Gasteiger partial charge in [-0.05, 0) is 38.2 Å². The Morgan fingerprint density at radius 2 is 2.00 bits per heavy atom. The molecular formula is C21H33NO4. The number of likely N-dealkylation sites (tertiary alicyclic amines) is 1. The molecule has 1 atom stereocenters. The molecule has 1 fully saturated rings. The summed E-state index contributed by atoms with van der Waals surface area (Å²) in [6, 6.07) is 0.00564. The molecule has 5 nitrogen and oxygen atoms in total. The molecule has 0 saturated carbocycles. The maximum Gasteiger partial charge on any atom is 0.305 e. The number of unbranched alkanes of at least 4 members (excludes halogenated alkanes) is 3. The van der Waals surface area contributed by atoms with Crippen LogP contribution >= 0.6 is 0 Å². The van der Waals surface area contributed by atoms with E-state index >= 15 is 0 Å². The van der Waals surface area contributed by atoms with E-state index in [0.29, 0.717) is 25.8 Å². The number of hydrogen-bond donors (Lipinski definition) is 0. The van der Waals surface area contributed by atoms with Gasteiger partial charge in [-0.3, -0.25) is 14.4 Å². The molecule has 26 heavy (non-hydrogen) atoms. The molecule has 0 N–H and O–H groups in total. The lowest BCUT2D eigenvalue weighted by molar-refractivity contribution is -0.140. The van der Waals surface area contributed by atoms with Gasteiger partial charge in [0.2, 0.25) is 5.91 Å². The number of nitrogens with zero attached hydrogens (tertiary/aromatic N) is 1. The van der Waals surface area contributed by atoms with E-state index in [1.165, 1.54) is 7.11 Å². The molecule has 1 rings (SSSR count). The second-order valence-electron chi connectivity index (χ2n) is 6.73. The fraction of sp³-hybridized carbons (Fsp3) is 0.667. The van der Waals surface area contributed by atoms with Gasteiger partial charge in [0.25, 0.3) is 0 Å². The Morgan fingerprint density at radius 3 is 2.73 bits per heavy atom. The molecule has 0 aliphatic carbocycles. The van der Waals surface area contributed by atoms with Gasteiger partial charge in [-0.2, -0.15) is 0 Å². The van der Waals surface area contributed by atoms with Crippen molar-refractivity contribution in [2.45, 2.75) is 77.2 Å². The van der Waals surface area contributed by atoms with E-state index in [1.54, 1.807) is 6.08 Å². The molecule has 1 unspecified atom stereocenters. The van der Waals surface area contributed by atoms with Crippen molar-refractivity contribution in [3.05, 3.63) is 24.3 Å². The summed E-state index contributed by atoms with van der Waals surface area (Å²) < 4.78 is 4.61. The lowest BCUT2D eigenvalue weighted by Gasteiger charge is -2.33. The molecule has 0 bridgehead atoms. The summed E-state index contributed by atoms with van der Waals surface area (Å²) in [6.45, 7) is 2.67. The lowest BCUT2D eigenvalue weighted by Crippen LogP contribution is -2.42. The fourth-order valence-corrected chi connectivity index (χ4v) is 3.01. The summed E-state index contributed by atoms with van der Waals surface area (Å²) in [4.78, 5) is 37.0. The molecule has 0 radical (unpaired) electrons. The molecule has 1 aliphatic heterocycles. The first-order valence-electron chi connectivity index (χ1n) is 9.80. The van der Waals surface area contributed by atoms with Crippen LogP contribution < -0.4 is 0 Å². The normalized spacial score (nSPS) is 18.0. The van der Waals surface area contributed by atoms with Gasteiger partial charge in [0.05, 0.1) is 13.2 Å². The van der Waals surface area contributed by atoms with Crippen LogP contribution in [0.25, 0.3) is 0 Å². The number of amides is 1. The van der Waals surface area contributed by atoms with E-state index < -0.39 is 0 Å². The lowest BCUT2D eigenvalue weighted by atomic mass is 10.00. The Kier molecular flexibility index (Phi) is 11.3. The molecule has 1 heterocycles. The summed E-state index contributed by atoms with van der Waals surface area (Å²) in [6.07, 6.45) is 15.5. The molecule has 146 valence electrons. The molecule has 0 aromatic rings. The van der Waals surface area contributed by atoms with Gasteiger partial charge >= 0.3 is 5.97 Å². The zero-order chi connectivity index (χ0) is 19.2. The van der Waals surface area contributed by atoms with E-state index in [1.807, 2.05) is 23.1 Å². The van der Waals surface area contributed by atoms with Crippen LogP contribution in [0.4, 0.5) is 0 Å². The third-order valence-electron chi connectivity index (χ3n) is 4.59. The highest BCUT2D eigenvalue weighted by molar-refractivity contribution is 5.89. The number of allylic oxidation sites excluding steroid dienone is 2. The maximum atomic E-state index is 12.2. The third-order valence-corrected chi connectivity index (χ3v) is 4.59. The molecule has 1 amide bonds. The number of ether oxygens (including phenoxy) is 1. The van der Waals surface area contributed by atoms with Gasteiger partial charge in [0.15, 0.2) is 5.78 Å². The van der Waals surface area contributed by atoms with Crippen LogP contribution in [0.2, 0.25) is 0 Å². The van der Waals surface area contributed by atoms with E-state index in [-0.39, 0.29) is 23.7 Å². The predicted molar refractivity (Wildman–Crippen MR) is 103 cm³/mol. The Labute approximate surface area is 157 Å². The van der Waals surface area contributed by atoms with Crippen molar-refractivity contribution >= 4 is 17.7 Å². The van der Waals surface area contributed by atoms with Crippen LogP contribution in [0.1, 0.15) is 71.1 Å². The molecule has 1 aliphatic rings. The van der Waals surface area contributed by atoms with Gasteiger partial charge in [0, 0.05) is 25.8 Å². The first kappa shape index (κ1) is 22.1. The van der Waals surface area contributed by atoms with Crippen molar-refractivity contribution in [1.82, 2.24) is 4.90 Å². The van der Waals surface area contributed by atoms with E-state index in [9.17, 15) is 14.4 Å². The Hall–Kier alpha value is -1.91. The number of carbonyl (C=O) groups is 3. The Morgan fingerprint density at radius 1 is 1.19 bits per heavy atom. The molecule has 0 aromatic carbocycles. The van der Waals surface area contributed by atoms with E-state index in [0.717, 1.165) is 44.9 Å². The van der Waals surface area contributed by atoms with Gasteiger partial charge in [0.1, 0.15) is 0 Å². The van der Waals surface area contributed by atoms with Gasteiger partial charge in [-0.25, -0.2) is 0 Å². The Balaban J connectivity index is 2.44. The van der Waals surface area contributed by atoms with E-state index in [4.69, 9.17) is 0 Å². The number of piperidine rings is 1. The maximum absolute atomic E-state index is 12.2. The minimum Gasteiger partial charge on any atom is -0.469 e. The molecule has 1 saturated heterocycles. The van der Waals surface area contributed by atoms with Gasteiger partial charge in [-0.1, -0.05) is 38.0 Å². The molecular weight excluding hydrogens is 330 g/mol. The minimum atomic E-state index is -0.196. The van der Waals surface area contributed by atoms with Crippen molar-refractivity contribution in [2.75, 3.05) is 13.7 Å². The number of carbonyl (C=O) groups excluding carboxylic acids is 3. The quantitative estimate of drug-likeness (QED) is 0.228. The predicted octanol–water partition coefficient (Wildman–Crippen LogP) is 3.97. The molecule has 0 spiro atoms. The number of rotatable bonds is 12. The highest BCUT2D eigenvalue weighted by atomic mass is 16.5. The van der Waals surface area contributed by atoms with Crippen molar-refractivity contribution in [3.8, 4) is 0 Å². The Bertz CT molecular complexity index is 510. The summed E-state index contributed by atoms with van der Waals surface area (Å²) >= 11 is 0. The SMILES string of the molecule is CCCCCC(=O)C=CC1CCCC(=O)N1C/C=C\CCCC(=O)OC. The summed E-state index contributed by atoms with van der Waals surface area (Å²) in [5.41, 5.74) is 0. The van der Waals surface area contributed by atoms with E-state index in [2.05, 4.69) is 11.7 Å². The zero-order valence-electron chi connectivity index (χ0n) is 16.2. The summed E-state index contributed by atoms with van der Waals surface area (Å²) in [5.74, 6) is 0.0942. The third kappa shape index (κ3) is 8.97. The van der Waals surface area contributed by atoms with Crippen LogP contribution in [0.3, 0.4) is 0 Å². The fourth-order valence-electron chi connectivity index (χ4n) is 3.01. The number of methoxy groups -OCH3 is 1. The van der Waals surface area contributed by atoms with Crippen LogP contribution in [0.15, 0.2) is 24.3 Å². The smallest absolute Gasteiger partial charge is 0.305 e. The largest absolute Gasteiger partial charge is 0.469 e. The molecule has 0 aromatic heterocycles. The standard InChI is InChI=1S/C21H33NO4/c1-3-4-7-12-19(23)16-15-18-11-10-13-20(24)22(18)17-9-6-5-8-14-21(25)26-2/h6,9,15-16,18H,3-5,7-8,10-14,17H2,1-2H3/b9-6-,16-15?. The summed E-state index contributed by atoms with van der Waals surface area (Å²) in [7, 11) is 1.39. The van der Waals surface area contributed by atoms with Crippen molar-refractivity contribution in [3.63, 3.8) is 0 Å². The van der Waals surface area contributed by atoms with Crippen LogP contribution in [0, 0.1) is 0 Å². The second kappa shape index (κ2) is 13.3. The van der Waals surface area contributed by atoms with Crippen LogP contribution in [-0.2, 0) is 19.1 Å². The number of ketones is 1. The van der Waals surface area contributed by atoms with Crippen molar-refractivity contribution in [1.29, 1.82) is 0 Å². The topological polar surface area (TPSA) is 63.7 Å². The first-order chi connectivity index (χ1) is 12.6. The van der Waals surface area contributed by atoms with Crippen LogP contribution in [0.5, 0.6) is 0 Å². The average molecular weight is 363 g/mol. The average Bonchev–Trinajstić information content (AvgIpc) is 2.64. The highest BCUT2D eigenvalue weighted by Crippen LogP contribution is 2.19. The second-order valence-corrected chi connectivity index (χ2v) is 6.73. The summed E-state index contributed by atoms with van der Waals surface area (Å²) in [5, 5.41) is 0. The van der Waals surface area contributed by atoms with Crippen molar-refractivity contribution < 1.29 is 19.1 Å². The number of esters is 1. The minimum absolute atomic E-state index is 0.00564. The molecule has 5 heteroatoms. The first-order valence-corrected chi connectivity index (χ1v) is 9.80. The monoisotopic (exact) mass is 363 g/mol. The van der Waals surface area contributed by atoms with Gasteiger partial charge in [-0.15, -0.1) is 0 Å². The van der Waals surface area contributed by atoms with Crippen molar-refractivity contribution in [2.24, 2.45) is 0 Å². The zero-order valence-corrected chi connectivity index (χ0v) is 16.2.